The third-order valence-corrected chi connectivity index (χ3v) is 4.75. The molecule has 0 unspecified atom stereocenters. The second kappa shape index (κ2) is 5.44. The molecule has 1 saturated carbocycles. The Balaban J connectivity index is 1.50. The number of esters is 1. The number of nitrogens with zero attached hydrogens (tertiary/aromatic N) is 1. The molecule has 0 radical (unpaired) electrons. The van der Waals surface area contributed by atoms with Gasteiger partial charge >= 0.3 is 12.0 Å². The summed E-state index contributed by atoms with van der Waals surface area (Å²) in [5, 5.41) is 2.34. The number of methoxy groups -OCH3 is 1. The summed E-state index contributed by atoms with van der Waals surface area (Å²) in [6.07, 6.45) is 6.47. The van der Waals surface area contributed by atoms with Crippen molar-refractivity contribution in [3.05, 3.63) is 65.5 Å². The summed E-state index contributed by atoms with van der Waals surface area (Å²) >= 11 is 0. The first-order valence-electron chi connectivity index (χ1n) is 8.00. The zero-order chi connectivity index (χ0) is 17.6. The molecular formula is C19H16N2O4. The Kier molecular flexibility index (Phi) is 3.35. The molecule has 6 heteroatoms. The van der Waals surface area contributed by atoms with Crippen LogP contribution in [0, 0.1) is 5.41 Å². The van der Waals surface area contributed by atoms with Gasteiger partial charge in [-0.05, 0) is 30.6 Å². The number of hydrogen-bond donors (Lipinski definition) is 1. The normalized spacial score (nSPS) is 18.9. The van der Waals surface area contributed by atoms with E-state index in [9.17, 15) is 14.4 Å². The molecule has 0 aromatic heterocycles. The van der Waals surface area contributed by atoms with Crippen LogP contribution >= 0.6 is 0 Å². The van der Waals surface area contributed by atoms with Crippen LogP contribution in [0.4, 0.5) is 4.79 Å². The molecule has 2 aliphatic heterocycles. The van der Waals surface area contributed by atoms with E-state index in [2.05, 4.69) is 10.1 Å². The summed E-state index contributed by atoms with van der Waals surface area (Å²) < 4.78 is 4.67. The molecule has 1 N–H and O–H groups in total. The van der Waals surface area contributed by atoms with Crippen molar-refractivity contribution in [2.75, 3.05) is 7.11 Å². The SMILES string of the molecule is COC(=O)C1(C(=O)NC(=O)N2c3ccc(-c4ccccc4)c2c3)CC1. The lowest BCUT2D eigenvalue weighted by Gasteiger charge is -2.38. The van der Waals surface area contributed by atoms with Crippen LogP contribution in [-0.2, 0) is 14.3 Å². The lowest BCUT2D eigenvalue weighted by Crippen LogP contribution is -2.49. The number of ether oxygens (including phenoxy) is 1. The highest BCUT2D eigenvalue weighted by Gasteiger charge is 2.58. The van der Waals surface area contributed by atoms with E-state index in [1.165, 1.54) is 12.0 Å². The van der Waals surface area contributed by atoms with Gasteiger partial charge in [0.2, 0.25) is 5.91 Å². The van der Waals surface area contributed by atoms with Gasteiger partial charge in [-0.2, -0.15) is 0 Å². The van der Waals surface area contributed by atoms with Crippen molar-refractivity contribution in [2.24, 2.45) is 5.41 Å². The van der Waals surface area contributed by atoms with Gasteiger partial charge in [-0.25, -0.2) is 4.79 Å². The van der Waals surface area contributed by atoms with Crippen LogP contribution in [0.2, 0.25) is 0 Å². The quantitative estimate of drug-likeness (QED) is 0.679. The number of imide groups is 1. The number of fused-ring (bicyclic) bond motifs is 2. The van der Waals surface area contributed by atoms with E-state index in [1.54, 1.807) is 0 Å². The standard InChI is InChI=1S/C19H16N2O4/c1-25-17(23)19(9-10-19)16(22)20-18(24)21-13-7-8-14(15(21)11-13)12-5-3-2-4-6-12/h2-8,11H,9-10H2,1H3,(H,20,22,24). The van der Waals surface area contributed by atoms with Crippen molar-refractivity contribution in [3.8, 4) is 0 Å². The molecule has 1 aromatic carbocycles. The minimum atomic E-state index is -1.20. The van der Waals surface area contributed by atoms with E-state index in [0.717, 1.165) is 16.8 Å². The predicted molar refractivity (Wildman–Crippen MR) is 89.6 cm³/mol. The monoisotopic (exact) mass is 336 g/mol. The summed E-state index contributed by atoms with van der Waals surface area (Å²) in [5.41, 5.74) is 2.14. The number of carbonyl (C=O) groups is 3. The highest BCUT2D eigenvalue weighted by atomic mass is 16.5. The van der Waals surface area contributed by atoms with E-state index in [4.69, 9.17) is 0 Å². The maximum absolute atomic E-state index is 12.5. The van der Waals surface area contributed by atoms with Crippen molar-refractivity contribution in [3.63, 3.8) is 0 Å². The molecule has 1 fully saturated rings. The van der Waals surface area contributed by atoms with Gasteiger partial charge in [0.15, 0.2) is 0 Å². The molecule has 1 aromatic rings. The Morgan fingerprint density at radius 2 is 1.84 bits per heavy atom. The number of amides is 3. The van der Waals surface area contributed by atoms with Crippen molar-refractivity contribution in [1.82, 2.24) is 10.2 Å². The summed E-state index contributed by atoms with van der Waals surface area (Å²) in [4.78, 5) is 38.1. The van der Waals surface area contributed by atoms with Gasteiger partial charge in [0.1, 0.15) is 5.41 Å². The van der Waals surface area contributed by atoms with E-state index >= 15 is 0 Å². The second-order valence-electron chi connectivity index (χ2n) is 6.24. The average Bonchev–Trinajstić information content (AvgIpc) is 3.43. The molecule has 3 aliphatic rings. The lowest BCUT2D eigenvalue weighted by molar-refractivity contribution is -0.151. The van der Waals surface area contributed by atoms with Crippen molar-refractivity contribution in [1.29, 1.82) is 0 Å². The van der Waals surface area contributed by atoms with Crippen LogP contribution in [0.25, 0.3) is 5.57 Å². The van der Waals surface area contributed by atoms with Crippen molar-refractivity contribution < 1.29 is 19.1 Å². The third kappa shape index (κ3) is 2.29. The van der Waals surface area contributed by atoms with Gasteiger partial charge < -0.3 is 4.74 Å². The molecule has 2 heterocycles. The Morgan fingerprint density at radius 3 is 2.44 bits per heavy atom. The molecule has 0 saturated heterocycles. The number of urea groups is 1. The molecule has 2 bridgehead atoms. The first-order valence-corrected chi connectivity index (χ1v) is 8.00. The van der Waals surface area contributed by atoms with Crippen LogP contribution in [0.5, 0.6) is 0 Å². The predicted octanol–water partition coefficient (Wildman–Crippen LogP) is 2.36. The van der Waals surface area contributed by atoms with Gasteiger partial charge in [-0.1, -0.05) is 36.4 Å². The fraction of sp³-hybridized carbons (Fsp3) is 0.211. The summed E-state index contributed by atoms with van der Waals surface area (Å²) in [6, 6.07) is 9.15. The molecule has 1 aliphatic carbocycles. The van der Waals surface area contributed by atoms with E-state index in [-0.39, 0.29) is 0 Å². The van der Waals surface area contributed by atoms with Crippen molar-refractivity contribution in [2.45, 2.75) is 12.8 Å². The molecule has 25 heavy (non-hydrogen) atoms. The molecule has 0 atom stereocenters. The van der Waals surface area contributed by atoms with Crippen LogP contribution in [0.1, 0.15) is 18.4 Å². The van der Waals surface area contributed by atoms with Gasteiger partial charge in [-0.3, -0.25) is 19.8 Å². The highest BCUT2D eigenvalue weighted by Crippen LogP contribution is 2.47. The minimum Gasteiger partial charge on any atom is -0.468 e. The number of benzene rings is 1. The average molecular weight is 336 g/mol. The number of allylic oxidation sites excluding steroid dienone is 4. The summed E-state index contributed by atoms with van der Waals surface area (Å²) in [7, 11) is 1.24. The fourth-order valence-electron chi connectivity index (χ4n) is 3.12. The van der Waals surface area contributed by atoms with Crippen molar-refractivity contribution >= 4 is 23.5 Å². The molecule has 126 valence electrons. The van der Waals surface area contributed by atoms with Gasteiger partial charge in [0, 0.05) is 5.57 Å². The molecule has 3 amide bonds. The molecular weight excluding hydrogens is 320 g/mol. The fourth-order valence-corrected chi connectivity index (χ4v) is 3.12. The topological polar surface area (TPSA) is 75.7 Å². The zero-order valence-electron chi connectivity index (χ0n) is 13.6. The van der Waals surface area contributed by atoms with E-state index < -0.39 is 23.3 Å². The molecule has 4 rings (SSSR count). The first kappa shape index (κ1) is 15.4. The summed E-state index contributed by atoms with van der Waals surface area (Å²) in [6.45, 7) is 0. The van der Waals surface area contributed by atoms with Gasteiger partial charge in [-0.15, -0.1) is 0 Å². The highest BCUT2D eigenvalue weighted by molar-refractivity contribution is 6.11. The number of carbonyl (C=O) groups excluding carboxylic acids is 3. The number of hydrogen-bond acceptors (Lipinski definition) is 4. The lowest BCUT2D eigenvalue weighted by atomic mass is 9.91. The third-order valence-electron chi connectivity index (χ3n) is 4.75. The Morgan fingerprint density at radius 1 is 1.12 bits per heavy atom. The first-order chi connectivity index (χ1) is 12.1. The zero-order valence-corrected chi connectivity index (χ0v) is 13.6. The number of nitrogens with one attached hydrogen (secondary N) is 1. The minimum absolute atomic E-state index is 0.402. The Labute approximate surface area is 144 Å². The van der Waals surface area contributed by atoms with Crippen LogP contribution < -0.4 is 5.32 Å². The second-order valence-corrected chi connectivity index (χ2v) is 6.24. The maximum atomic E-state index is 12.5. The Bertz CT molecular complexity index is 873. The van der Waals surface area contributed by atoms with Crippen LogP contribution in [0.3, 0.4) is 0 Å². The maximum Gasteiger partial charge on any atom is 0.333 e. The van der Waals surface area contributed by atoms with Crippen LogP contribution in [0.15, 0.2) is 60.0 Å². The summed E-state index contributed by atoms with van der Waals surface area (Å²) in [5.74, 6) is -1.19. The van der Waals surface area contributed by atoms with Crippen LogP contribution in [-0.4, -0.2) is 29.9 Å². The molecule has 0 spiro atoms. The van der Waals surface area contributed by atoms with Gasteiger partial charge in [0.05, 0.1) is 18.5 Å². The van der Waals surface area contributed by atoms with Gasteiger partial charge in [0.25, 0.3) is 0 Å². The molecule has 6 nitrogen and oxygen atoms in total. The Hall–Kier alpha value is -3.15. The van der Waals surface area contributed by atoms with E-state index in [1.807, 2.05) is 48.6 Å². The smallest absolute Gasteiger partial charge is 0.333 e. The van der Waals surface area contributed by atoms with E-state index in [0.29, 0.717) is 18.5 Å². The largest absolute Gasteiger partial charge is 0.468 e. The number of rotatable bonds is 3.